The number of carboxylic acid groups (broad SMARTS) is 1. The number of hydrogen-bond donors (Lipinski definition) is 2. The molecule has 1 aliphatic heterocycles. The summed E-state index contributed by atoms with van der Waals surface area (Å²) < 4.78 is 51.5. The van der Waals surface area contributed by atoms with E-state index in [1.54, 1.807) is 4.90 Å². The number of alkyl halides is 3. The molecule has 2 aromatic heterocycles. The highest BCUT2D eigenvalue weighted by molar-refractivity contribution is 5.94. The molecule has 2 amide bonds. The summed E-state index contributed by atoms with van der Waals surface area (Å²) >= 11 is 0. The van der Waals surface area contributed by atoms with E-state index in [4.69, 9.17) is 14.3 Å². The van der Waals surface area contributed by atoms with Crippen LogP contribution in [0.15, 0.2) is 40.9 Å². The number of furan rings is 1. The summed E-state index contributed by atoms with van der Waals surface area (Å²) in [4.78, 5) is 29.0. The van der Waals surface area contributed by atoms with E-state index < -0.39 is 17.8 Å². The minimum Gasteiger partial charge on any atom is -0.465 e. The summed E-state index contributed by atoms with van der Waals surface area (Å²) in [7, 11) is 0. The van der Waals surface area contributed by atoms with Crippen LogP contribution in [0.3, 0.4) is 0 Å². The number of aromatic nitrogens is 1. The van der Waals surface area contributed by atoms with Gasteiger partial charge in [0.25, 0.3) is 5.91 Å². The molecule has 168 valence electrons. The number of hydrogen-bond acceptors (Lipinski definition) is 5. The summed E-state index contributed by atoms with van der Waals surface area (Å²) in [6, 6.07) is 6.76. The highest BCUT2D eigenvalue weighted by atomic mass is 19.4. The van der Waals surface area contributed by atoms with Gasteiger partial charge in [0.2, 0.25) is 0 Å². The summed E-state index contributed by atoms with van der Waals surface area (Å²) in [5.41, 5.74) is -0.612. The van der Waals surface area contributed by atoms with E-state index in [0.717, 1.165) is 6.07 Å². The number of carbonyl (C=O) groups excluding carboxylic acids is 1. The van der Waals surface area contributed by atoms with Gasteiger partial charge in [-0.2, -0.15) is 13.2 Å². The van der Waals surface area contributed by atoms with Crippen molar-refractivity contribution in [2.24, 2.45) is 0 Å². The molecule has 0 radical (unpaired) electrons. The molecule has 4 rings (SSSR count). The Morgan fingerprint density at radius 1 is 1.16 bits per heavy atom. The highest BCUT2D eigenvalue weighted by Crippen LogP contribution is 2.39. The first-order chi connectivity index (χ1) is 15.2. The SMILES string of the molecule is O=C(O)NCc1cc2cc(-c3ccc(C(=O)N4CCOCC4)cn3)cc(C(F)(F)F)c2o1. The molecule has 0 saturated carbocycles. The number of nitrogens with zero attached hydrogens (tertiary/aromatic N) is 2. The van der Waals surface area contributed by atoms with Gasteiger partial charge in [-0.3, -0.25) is 9.78 Å². The Morgan fingerprint density at radius 2 is 1.91 bits per heavy atom. The topological polar surface area (TPSA) is 105 Å². The first-order valence-corrected chi connectivity index (χ1v) is 9.66. The van der Waals surface area contributed by atoms with E-state index >= 15 is 0 Å². The molecule has 0 unspecified atom stereocenters. The maximum absolute atomic E-state index is 13.7. The minimum atomic E-state index is -4.70. The van der Waals surface area contributed by atoms with Crippen molar-refractivity contribution in [3.63, 3.8) is 0 Å². The monoisotopic (exact) mass is 449 g/mol. The van der Waals surface area contributed by atoms with Gasteiger partial charge in [0, 0.05) is 30.2 Å². The van der Waals surface area contributed by atoms with Gasteiger partial charge < -0.3 is 24.5 Å². The van der Waals surface area contributed by atoms with E-state index in [2.05, 4.69) is 10.3 Å². The molecular formula is C21H18F3N3O5. The van der Waals surface area contributed by atoms with Crippen LogP contribution in [0.25, 0.3) is 22.2 Å². The molecule has 1 fully saturated rings. The molecule has 0 spiro atoms. The lowest BCUT2D eigenvalue weighted by molar-refractivity contribution is -0.136. The zero-order valence-electron chi connectivity index (χ0n) is 16.6. The lowest BCUT2D eigenvalue weighted by Gasteiger charge is -2.26. The second-order valence-electron chi connectivity index (χ2n) is 7.15. The number of amides is 2. The molecule has 0 aliphatic carbocycles. The Balaban J connectivity index is 1.67. The first-order valence-electron chi connectivity index (χ1n) is 9.66. The minimum absolute atomic E-state index is 0.0458. The number of nitrogens with one attached hydrogen (secondary N) is 1. The number of halogens is 3. The molecule has 0 bridgehead atoms. The highest BCUT2D eigenvalue weighted by Gasteiger charge is 2.35. The van der Waals surface area contributed by atoms with Crippen molar-refractivity contribution in [3.05, 3.63) is 53.4 Å². The third-order valence-corrected chi connectivity index (χ3v) is 4.99. The van der Waals surface area contributed by atoms with Gasteiger partial charge in [0.05, 0.1) is 36.6 Å². The Bertz CT molecular complexity index is 1150. The van der Waals surface area contributed by atoms with Crippen LogP contribution < -0.4 is 5.32 Å². The lowest BCUT2D eigenvalue weighted by atomic mass is 10.0. The number of carbonyl (C=O) groups is 2. The van der Waals surface area contributed by atoms with Crippen molar-refractivity contribution in [1.82, 2.24) is 15.2 Å². The standard InChI is InChI=1S/C21H18F3N3O5/c22-21(23,24)16-9-13(7-14-8-15(32-18(14)16)11-26-20(29)30)17-2-1-12(10-25-17)19(28)27-3-5-31-6-4-27/h1-2,7-10,26H,3-6,11H2,(H,29,30). The van der Waals surface area contributed by atoms with Gasteiger partial charge in [-0.1, -0.05) is 0 Å². The molecule has 32 heavy (non-hydrogen) atoms. The van der Waals surface area contributed by atoms with Crippen molar-refractivity contribution in [2.75, 3.05) is 26.3 Å². The summed E-state index contributed by atoms with van der Waals surface area (Å²) in [6.07, 6.45) is -4.68. The fourth-order valence-corrected chi connectivity index (χ4v) is 3.45. The first kappa shape index (κ1) is 21.6. The Morgan fingerprint density at radius 3 is 2.53 bits per heavy atom. The molecular weight excluding hydrogens is 431 g/mol. The van der Waals surface area contributed by atoms with Crippen molar-refractivity contribution in [2.45, 2.75) is 12.7 Å². The molecule has 8 nitrogen and oxygen atoms in total. The maximum atomic E-state index is 13.7. The van der Waals surface area contributed by atoms with Crippen molar-refractivity contribution < 1.29 is 37.0 Å². The smallest absolute Gasteiger partial charge is 0.420 e. The van der Waals surface area contributed by atoms with Crippen molar-refractivity contribution >= 4 is 23.0 Å². The number of pyridine rings is 1. The van der Waals surface area contributed by atoms with E-state index in [0.29, 0.717) is 31.9 Å². The number of benzene rings is 1. The molecule has 11 heteroatoms. The number of rotatable bonds is 4. The molecule has 0 atom stereocenters. The average Bonchev–Trinajstić information content (AvgIpc) is 3.19. The zero-order chi connectivity index (χ0) is 22.9. The average molecular weight is 449 g/mol. The van der Waals surface area contributed by atoms with Crippen LogP contribution in [-0.2, 0) is 17.5 Å². The Hall–Kier alpha value is -3.60. The number of ether oxygens (including phenoxy) is 1. The van der Waals surface area contributed by atoms with Crippen molar-refractivity contribution in [3.8, 4) is 11.3 Å². The third-order valence-electron chi connectivity index (χ3n) is 4.99. The predicted molar refractivity (Wildman–Crippen MR) is 106 cm³/mol. The van der Waals surface area contributed by atoms with Gasteiger partial charge in [-0.15, -0.1) is 0 Å². The maximum Gasteiger partial charge on any atom is 0.420 e. The van der Waals surface area contributed by atoms with Crippen LogP contribution in [0.5, 0.6) is 0 Å². The Kier molecular flexibility index (Phi) is 5.74. The second kappa shape index (κ2) is 8.50. The van der Waals surface area contributed by atoms with Gasteiger partial charge >= 0.3 is 12.3 Å². The summed E-state index contributed by atoms with van der Waals surface area (Å²) in [5, 5.41) is 10.9. The van der Waals surface area contributed by atoms with Crippen LogP contribution in [0.1, 0.15) is 21.7 Å². The van der Waals surface area contributed by atoms with Gasteiger partial charge in [-0.25, -0.2) is 4.79 Å². The normalized spacial score (nSPS) is 14.5. The Labute approximate surface area is 179 Å². The zero-order valence-corrected chi connectivity index (χ0v) is 16.6. The quantitative estimate of drug-likeness (QED) is 0.629. The van der Waals surface area contributed by atoms with Crippen LogP contribution in [0.4, 0.5) is 18.0 Å². The van der Waals surface area contributed by atoms with Gasteiger partial charge in [0.15, 0.2) is 0 Å². The fraction of sp³-hybridized carbons (Fsp3) is 0.286. The second-order valence-corrected chi connectivity index (χ2v) is 7.15. The van der Waals surface area contributed by atoms with Gasteiger partial charge in [-0.05, 0) is 30.3 Å². The molecule has 3 heterocycles. The molecule has 1 saturated heterocycles. The molecule has 1 aromatic carbocycles. The van der Waals surface area contributed by atoms with Crippen LogP contribution in [-0.4, -0.2) is 53.3 Å². The van der Waals surface area contributed by atoms with Crippen molar-refractivity contribution in [1.29, 1.82) is 0 Å². The molecule has 1 aliphatic rings. The predicted octanol–water partition coefficient (Wildman–Crippen LogP) is 3.75. The summed E-state index contributed by atoms with van der Waals surface area (Å²) in [6.45, 7) is 1.56. The lowest BCUT2D eigenvalue weighted by Crippen LogP contribution is -2.40. The van der Waals surface area contributed by atoms with Crippen LogP contribution in [0, 0.1) is 0 Å². The van der Waals surface area contributed by atoms with Gasteiger partial charge in [0.1, 0.15) is 11.3 Å². The summed E-state index contributed by atoms with van der Waals surface area (Å²) in [5.74, 6) is -0.173. The van der Waals surface area contributed by atoms with E-state index in [1.807, 2.05) is 0 Å². The van der Waals surface area contributed by atoms with Crippen LogP contribution >= 0.6 is 0 Å². The van der Waals surface area contributed by atoms with E-state index in [1.165, 1.54) is 30.5 Å². The number of fused-ring (bicyclic) bond motifs is 1. The van der Waals surface area contributed by atoms with Crippen LogP contribution in [0.2, 0.25) is 0 Å². The fourth-order valence-electron chi connectivity index (χ4n) is 3.45. The number of morpholine rings is 1. The molecule has 3 aromatic rings. The van der Waals surface area contributed by atoms with E-state index in [9.17, 15) is 22.8 Å². The third kappa shape index (κ3) is 4.52. The largest absolute Gasteiger partial charge is 0.465 e. The van der Waals surface area contributed by atoms with E-state index in [-0.39, 0.29) is 40.4 Å². The molecule has 2 N–H and O–H groups in total.